The Kier molecular flexibility index (Phi) is 6.86. The lowest BCUT2D eigenvalue weighted by atomic mass is 9.73. The number of nitrogens with zero attached hydrogens (tertiary/aromatic N) is 2. The molecule has 0 radical (unpaired) electrons. The molecule has 0 aliphatic carbocycles. The van der Waals surface area contributed by atoms with Crippen LogP contribution < -0.4 is 10.1 Å². The Hall–Kier alpha value is -3.18. The average molecular weight is 430 g/mol. The molecule has 0 saturated carbocycles. The molecule has 1 atom stereocenters. The molecule has 1 aromatic heterocycles. The molecule has 32 heavy (non-hydrogen) atoms. The Morgan fingerprint density at radius 2 is 1.88 bits per heavy atom. The summed E-state index contributed by atoms with van der Waals surface area (Å²) in [6.45, 7) is 2.46. The molecule has 1 unspecified atom stereocenters. The maximum atomic E-state index is 13.3. The minimum absolute atomic E-state index is 0.114. The maximum absolute atomic E-state index is 13.3. The molecule has 1 saturated heterocycles. The monoisotopic (exact) mass is 429 g/mol. The van der Waals surface area contributed by atoms with Gasteiger partial charge in [0, 0.05) is 43.7 Å². The first kappa shape index (κ1) is 22.0. The van der Waals surface area contributed by atoms with Crippen LogP contribution >= 0.6 is 0 Å². The highest BCUT2D eigenvalue weighted by Crippen LogP contribution is 2.38. The molecule has 166 valence electrons. The summed E-state index contributed by atoms with van der Waals surface area (Å²) in [5, 5.41) is 2.96. The number of ether oxygens (including phenoxy) is 1. The molecule has 4 rings (SSSR count). The van der Waals surface area contributed by atoms with Crippen LogP contribution in [0.25, 0.3) is 11.1 Å². The zero-order chi connectivity index (χ0) is 22.4. The van der Waals surface area contributed by atoms with Crippen LogP contribution in [0.1, 0.15) is 24.0 Å². The zero-order valence-electron chi connectivity index (χ0n) is 18.9. The predicted molar refractivity (Wildman–Crippen MR) is 127 cm³/mol. The van der Waals surface area contributed by atoms with Gasteiger partial charge in [0.15, 0.2) is 0 Å². The fourth-order valence-corrected chi connectivity index (χ4v) is 4.95. The van der Waals surface area contributed by atoms with E-state index in [0.29, 0.717) is 13.0 Å². The van der Waals surface area contributed by atoms with Crippen LogP contribution in [0.3, 0.4) is 0 Å². The minimum Gasteiger partial charge on any atom is -0.496 e. The van der Waals surface area contributed by atoms with Gasteiger partial charge in [0.05, 0.1) is 12.5 Å². The van der Waals surface area contributed by atoms with Gasteiger partial charge in [0.25, 0.3) is 0 Å². The third-order valence-electron chi connectivity index (χ3n) is 6.47. The van der Waals surface area contributed by atoms with E-state index < -0.39 is 5.41 Å². The van der Waals surface area contributed by atoms with Gasteiger partial charge >= 0.3 is 0 Å². The van der Waals surface area contributed by atoms with Crippen LogP contribution in [0.4, 0.5) is 0 Å². The molecule has 0 spiro atoms. The third-order valence-corrected chi connectivity index (χ3v) is 6.47. The van der Waals surface area contributed by atoms with E-state index in [9.17, 15) is 4.79 Å². The van der Waals surface area contributed by atoms with Crippen molar-refractivity contribution >= 4 is 5.91 Å². The highest BCUT2D eigenvalue weighted by Gasteiger charge is 2.42. The molecule has 2 aromatic carbocycles. The molecule has 3 aromatic rings. The molecule has 1 aliphatic heterocycles. The number of pyridine rings is 1. The summed E-state index contributed by atoms with van der Waals surface area (Å²) < 4.78 is 5.56. The van der Waals surface area contributed by atoms with Crippen molar-refractivity contribution in [1.29, 1.82) is 0 Å². The van der Waals surface area contributed by atoms with Crippen LogP contribution in [0, 0.1) is 5.41 Å². The maximum Gasteiger partial charge on any atom is 0.227 e. The fraction of sp³-hybridized carbons (Fsp3) is 0.333. The second-order valence-corrected chi connectivity index (χ2v) is 8.56. The third kappa shape index (κ3) is 4.68. The lowest BCUT2D eigenvalue weighted by molar-refractivity contribution is -0.134. The number of methoxy groups -OCH3 is 1. The number of benzene rings is 2. The molecule has 1 aliphatic rings. The summed E-state index contributed by atoms with van der Waals surface area (Å²) >= 11 is 0. The van der Waals surface area contributed by atoms with Gasteiger partial charge in [-0.1, -0.05) is 48.5 Å². The van der Waals surface area contributed by atoms with Crippen molar-refractivity contribution in [3.8, 4) is 16.9 Å². The average Bonchev–Trinajstić information content (AvgIpc) is 2.85. The normalized spacial score (nSPS) is 18.8. The zero-order valence-corrected chi connectivity index (χ0v) is 18.9. The van der Waals surface area contributed by atoms with Crippen molar-refractivity contribution in [3.63, 3.8) is 0 Å². The molecular formula is C27H31N3O2. The molecule has 1 N–H and O–H groups in total. The van der Waals surface area contributed by atoms with Gasteiger partial charge in [-0.25, -0.2) is 0 Å². The molecule has 2 heterocycles. The van der Waals surface area contributed by atoms with Crippen molar-refractivity contribution < 1.29 is 9.53 Å². The number of carbonyl (C=O) groups excluding carboxylic acids is 1. The molecule has 5 heteroatoms. The number of hydrogen-bond acceptors (Lipinski definition) is 4. The molecular weight excluding hydrogens is 398 g/mol. The minimum atomic E-state index is -0.479. The lowest BCUT2D eigenvalue weighted by Crippen LogP contribution is -2.52. The Labute approximate surface area is 190 Å². The van der Waals surface area contributed by atoms with Gasteiger partial charge in [-0.2, -0.15) is 0 Å². The van der Waals surface area contributed by atoms with Crippen molar-refractivity contribution in [3.05, 3.63) is 84.2 Å². The summed E-state index contributed by atoms with van der Waals surface area (Å²) in [4.78, 5) is 20.0. The van der Waals surface area contributed by atoms with E-state index in [1.54, 1.807) is 20.4 Å². The van der Waals surface area contributed by atoms with Gasteiger partial charge in [0.1, 0.15) is 5.75 Å². The molecule has 1 fully saturated rings. The number of rotatable bonds is 7. The topological polar surface area (TPSA) is 54.5 Å². The van der Waals surface area contributed by atoms with E-state index in [-0.39, 0.29) is 5.91 Å². The van der Waals surface area contributed by atoms with Crippen LogP contribution in [-0.4, -0.2) is 43.0 Å². The molecule has 0 bridgehead atoms. The summed E-state index contributed by atoms with van der Waals surface area (Å²) in [5.74, 6) is 1.01. The van der Waals surface area contributed by atoms with Crippen molar-refractivity contribution in [2.75, 3.05) is 27.2 Å². The van der Waals surface area contributed by atoms with Crippen LogP contribution in [-0.2, 0) is 17.8 Å². The Balaban J connectivity index is 1.63. The Morgan fingerprint density at radius 3 is 2.62 bits per heavy atom. The smallest absolute Gasteiger partial charge is 0.227 e. The lowest BCUT2D eigenvalue weighted by Gasteiger charge is -2.42. The van der Waals surface area contributed by atoms with Crippen LogP contribution in [0.15, 0.2) is 73.1 Å². The largest absolute Gasteiger partial charge is 0.496 e. The van der Waals surface area contributed by atoms with E-state index in [2.05, 4.69) is 45.5 Å². The summed E-state index contributed by atoms with van der Waals surface area (Å²) in [6.07, 6.45) is 6.23. The highest BCUT2D eigenvalue weighted by molar-refractivity contribution is 5.83. The van der Waals surface area contributed by atoms with Gasteiger partial charge in [0.2, 0.25) is 5.91 Å². The Bertz CT molecular complexity index is 1050. The number of carbonyl (C=O) groups is 1. The van der Waals surface area contributed by atoms with Crippen LogP contribution in [0.2, 0.25) is 0 Å². The SMILES string of the molecule is CNC(=O)C1(Cc2ccccc2-c2cccnc2)CCCN(Cc2ccccc2OC)C1. The number of nitrogens with one attached hydrogen (secondary N) is 1. The van der Waals surface area contributed by atoms with E-state index in [0.717, 1.165) is 48.4 Å². The first-order valence-electron chi connectivity index (χ1n) is 11.2. The summed E-state index contributed by atoms with van der Waals surface area (Å²) in [6, 6.07) is 20.5. The van der Waals surface area contributed by atoms with E-state index in [4.69, 9.17) is 4.74 Å². The van der Waals surface area contributed by atoms with Crippen LogP contribution in [0.5, 0.6) is 5.75 Å². The molecule has 1 amide bonds. The van der Waals surface area contributed by atoms with E-state index in [1.807, 2.05) is 36.5 Å². The predicted octanol–water partition coefficient (Wildman–Crippen LogP) is 4.33. The van der Waals surface area contributed by atoms with Crippen molar-refractivity contribution in [1.82, 2.24) is 15.2 Å². The van der Waals surface area contributed by atoms with Gasteiger partial charge < -0.3 is 10.1 Å². The first-order valence-corrected chi connectivity index (χ1v) is 11.2. The number of para-hydroxylation sites is 1. The second-order valence-electron chi connectivity index (χ2n) is 8.56. The molecule has 5 nitrogen and oxygen atoms in total. The van der Waals surface area contributed by atoms with Crippen molar-refractivity contribution in [2.45, 2.75) is 25.8 Å². The quantitative estimate of drug-likeness (QED) is 0.607. The van der Waals surface area contributed by atoms with E-state index >= 15 is 0 Å². The number of likely N-dealkylation sites (tertiary alicyclic amines) is 1. The Morgan fingerprint density at radius 1 is 1.09 bits per heavy atom. The number of hydrogen-bond donors (Lipinski definition) is 1. The van der Waals surface area contributed by atoms with Crippen molar-refractivity contribution in [2.24, 2.45) is 5.41 Å². The second kappa shape index (κ2) is 9.96. The number of piperidine rings is 1. The fourth-order valence-electron chi connectivity index (χ4n) is 4.95. The summed E-state index contributed by atoms with van der Waals surface area (Å²) in [5.41, 5.74) is 4.08. The van der Waals surface area contributed by atoms with E-state index in [1.165, 1.54) is 5.56 Å². The number of amides is 1. The standard InChI is InChI=1S/C27H31N3O2/c1-28-26(31)27(17-21-9-3-5-12-24(21)22-11-7-15-29-18-22)14-8-16-30(20-27)19-23-10-4-6-13-25(23)32-2/h3-7,9-13,15,18H,8,14,16-17,19-20H2,1-2H3,(H,28,31). The van der Waals surface area contributed by atoms with Gasteiger partial charge in [-0.15, -0.1) is 0 Å². The van der Waals surface area contributed by atoms with Gasteiger partial charge in [-0.3, -0.25) is 14.7 Å². The van der Waals surface area contributed by atoms with Gasteiger partial charge in [-0.05, 0) is 49.1 Å². The highest BCUT2D eigenvalue weighted by atomic mass is 16.5. The summed E-state index contributed by atoms with van der Waals surface area (Å²) in [7, 11) is 3.45. The first-order chi connectivity index (χ1) is 15.6. The number of aromatic nitrogens is 1.